The second kappa shape index (κ2) is 9.27. The Morgan fingerprint density at radius 2 is 2.11 bits per heavy atom. The molecule has 19 heavy (non-hydrogen) atoms. The minimum Gasteiger partial charge on any atom is -0.492 e. The molecule has 0 aliphatic carbocycles. The second-order valence-corrected chi connectivity index (χ2v) is 6.14. The van der Waals surface area contributed by atoms with E-state index in [9.17, 15) is 0 Å². The second-order valence-electron chi connectivity index (χ2n) is 4.75. The molecule has 1 aromatic rings. The lowest BCUT2D eigenvalue weighted by Crippen LogP contribution is -2.19. The molecule has 0 fully saturated rings. The fourth-order valence-electron chi connectivity index (χ4n) is 1.94. The molecule has 1 rings (SSSR count). The van der Waals surface area contributed by atoms with Gasteiger partial charge in [-0.3, -0.25) is 0 Å². The Bertz CT molecular complexity index is 368. The maximum atomic E-state index is 5.81. The topological polar surface area (TPSA) is 21.3 Å². The van der Waals surface area contributed by atoms with Crippen LogP contribution < -0.4 is 10.1 Å². The van der Waals surface area contributed by atoms with Crippen LogP contribution in [0.15, 0.2) is 18.2 Å². The van der Waals surface area contributed by atoms with Crippen LogP contribution >= 0.6 is 11.8 Å². The van der Waals surface area contributed by atoms with Crippen LogP contribution in [0, 0.1) is 6.92 Å². The predicted molar refractivity (Wildman–Crippen MR) is 86.4 cm³/mol. The van der Waals surface area contributed by atoms with Gasteiger partial charge in [0.1, 0.15) is 5.75 Å². The van der Waals surface area contributed by atoms with E-state index < -0.39 is 0 Å². The summed E-state index contributed by atoms with van der Waals surface area (Å²) in [7, 11) is 0. The van der Waals surface area contributed by atoms with Gasteiger partial charge in [0.05, 0.1) is 6.61 Å². The Morgan fingerprint density at radius 3 is 2.74 bits per heavy atom. The fraction of sp³-hybridized carbons (Fsp3) is 0.625. The van der Waals surface area contributed by atoms with Gasteiger partial charge in [0.15, 0.2) is 0 Å². The van der Waals surface area contributed by atoms with E-state index in [2.05, 4.69) is 51.2 Å². The van der Waals surface area contributed by atoms with Crippen molar-refractivity contribution in [2.24, 2.45) is 0 Å². The van der Waals surface area contributed by atoms with E-state index >= 15 is 0 Å². The molecule has 1 atom stereocenters. The molecule has 0 heterocycles. The summed E-state index contributed by atoms with van der Waals surface area (Å²) in [6.07, 6.45) is 1.17. The third-order valence-corrected chi connectivity index (χ3v) is 3.95. The molecular formula is C16H27NOS. The minimum absolute atomic E-state index is 0.406. The van der Waals surface area contributed by atoms with Crippen molar-refractivity contribution < 1.29 is 4.74 Å². The summed E-state index contributed by atoms with van der Waals surface area (Å²) in [5, 5.41) is 3.51. The smallest absolute Gasteiger partial charge is 0.122 e. The van der Waals surface area contributed by atoms with Crippen LogP contribution in [-0.4, -0.2) is 24.7 Å². The summed E-state index contributed by atoms with van der Waals surface area (Å²) in [5.74, 6) is 3.23. The van der Waals surface area contributed by atoms with Crippen molar-refractivity contribution in [2.75, 3.05) is 24.7 Å². The highest BCUT2D eigenvalue weighted by Crippen LogP contribution is 2.23. The summed E-state index contributed by atoms with van der Waals surface area (Å²) in [6, 6.07) is 6.91. The molecule has 1 N–H and O–H groups in total. The summed E-state index contributed by atoms with van der Waals surface area (Å²) in [6.45, 7) is 10.6. The van der Waals surface area contributed by atoms with Crippen LogP contribution in [0.25, 0.3) is 0 Å². The van der Waals surface area contributed by atoms with Gasteiger partial charge in [-0.25, -0.2) is 0 Å². The van der Waals surface area contributed by atoms with Gasteiger partial charge in [-0.1, -0.05) is 26.0 Å². The van der Waals surface area contributed by atoms with E-state index in [1.165, 1.54) is 17.5 Å². The first-order valence-corrected chi connectivity index (χ1v) is 8.39. The maximum Gasteiger partial charge on any atom is 0.122 e. The Kier molecular flexibility index (Phi) is 7.99. The van der Waals surface area contributed by atoms with Crippen molar-refractivity contribution in [3.05, 3.63) is 29.3 Å². The van der Waals surface area contributed by atoms with Crippen LogP contribution in [0.3, 0.4) is 0 Å². The highest BCUT2D eigenvalue weighted by Gasteiger charge is 2.07. The van der Waals surface area contributed by atoms with E-state index in [1.54, 1.807) is 0 Å². The lowest BCUT2D eigenvalue weighted by Gasteiger charge is -2.16. The number of rotatable bonds is 9. The molecule has 1 unspecified atom stereocenters. The van der Waals surface area contributed by atoms with Crippen LogP contribution in [0.1, 0.15) is 44.4 Å². The standard InChI is InChI=1S/C16H27NOS/c1-5-9-17-14(4)15-7-8-16(13(3)12-15)18-10-11-19-6-2/h7-8,12,14,17H,5-6,9-11H2,1-4H3. The third-order valence-electron chi connectivity index (χ3n) is 3.09. The quantitative estimate of drug-likeness (QED) is 0.686. The number of hydrogen-bond acceptors (Lipinski definition) is 3. The van der Waals surface area contributed by atoms with Gasteiger partial charge in [-0.15, -0.1) is 0 Å². The van der Waals surface area contributed by atoms with Crippen molar-refractivity contribution in [3.8, 4) is 5.75 Å². The van der Waals surface area contributed by atoms with E-state index in [0.29, 0.717) is 6.04 Å². The van der Waals surface area contributed by atoms with E-state index in [4.69, 9.17) is 4.74 Å². The van der Waals surface area contributed by atoms with Gasteiger partial charge >= 0.3 is 0 Å². The summed E-state index contributed by atoms with van der Waals surface area (Å²) in [4.78, 5) is 0. The van der Waals surface area contributed by atoms with Gasteiger partial charge < -0.3 is 10.1 Å². The number of benzene rings is 1. The van der Waals surface area contributed by atoms with E-state index in [-0.39, 0.29) is 0 Å². The highest BCUT2D eigenvalue weighted by atomic mass is 32.2. The molecule has 0 bridgehead atoms. The molecule has 3 heteroatoms. The molecule has 1 aromatic carbocycles. The molecule has 0 aromatic heterocycles. The Morgan fingerprint density at radius 1 is 1.32 bits per heavy atom. The van der Waals surface area contributed by atoms with Gasteiger partial charge in [-0.05, 0) is 49.8 Å². The molecule has 0 saturated carbocycles. The molecule has 0 aliphatic heterocycles. The molecule has 0 amide bonds. The number of aryl methyl sites for hydroxylation is 1. The van der Waals surface area contributed by atoms with Crippen LogP contribution in [-0.2, 0) is 0 Å². The van der Waals surface area contributed by atoms with Crippen LogP contribution in [0.2, 0.25) is 0 Å². The van der Waals surface area contributed by atoms with Gasteiger partial charge in [0.2, 0.25) is 0 Å². The predicted octanol–water partition coefficient (Wildman–Crippen LogP) is 4.19. The zero-order valence-electron chi connectivity index (χ0n) is 12.7. The largest absolute Gasteiger partial charge is 0.492 e. The molecule has 0 saturated heterocycles. The molecule has 0 aliphatic rings. The van der Waals surface area contributed by atoms with Gasteiger partial charge in [0, 0.05) is 11.8 Å². The summed E-state index contributed by atoms with van der Waals surface area (Å²) >= 11 is 1.92. The molecule has 2 nitrogen and oxygen atoms in total. The van der Waals surface area contributed by atoms with Gasteiger partial charge in [-0.2, -0.15) is 11.8 Å². The van der Waals surface area contributed by atoms with Crippen LogP contribution in [0.5, 0.6) is 5.75 Å². The SMILES string of the molecule is CCCNC(C)c1ccc(OCCSCC)c(C)c1. The van der Waals surface area contributed by atoms with Crippen molar-refractivity contribution in [3.63, 3.8) is 0 Å². The van der Waals surface area contributed by atoms with Crippen molar-refractivity contribution in [1.82, 2.24) is 5.32 Å². The van der Waals surface area contributed by atoms with Crippen molar-refractivity contribution >= 4 is 11.8 Å². The fourth-order valence-corrected chi connectivity index (χ4v) is 2.43. The zero-order chi connectivity index (χ0) is 14.1. The number of thioether (sulfide) groups is 1. The normalized spacial score (nSPS) is 12.4. The van der Waals surface area contributed by atoms with Crippen molar-refractivity contribution in [2.45, 2.75) is 40.2 Å². The van der Waals surface area contributed by atoms with E-state index in [0.717, 1.165) is 30.4 Å². The van der Waals surface area contributed by atoms with Gasteiger partial charge in [0.25, 0.3) is 0 Å². The van der Waals surface area contributed by atoms with Crippen molar-refractivity contribution in [1.29, 1.82) is 0 Å². The maximum absolute atomic E-state index is 5.81. The van der Waals surface area contributed by atoms with E-state index in [1.807, 2.05) is 11.8 Å². The average molecular weight is 281 g/mol. The third kappa shape index (κ3) is 5.87. The molecule has 108 valence electrons. The molecule has 0 spiro atoms. The minimum atomic E-state index is 0.406. The lowest BCUT2D eigenvalue weighted by atomic mass is 10.0. The number of ether oxygens (including phenoxy) is 1. The zero-order valence-corrected chi connectivity index (χ0v) is 13.5. The highest BCUT2D eigenvalue weighted by molar-refractivity contribution is 7.99. The first-order chi connectivity index (χ1) is 9.19. The monoisotopic (exact) mass is 281 g/mol. The molecular weight excluding hydrogens is 254 g/mol. The summed E-state index contributed by atoms with van der Waals surface area (Å²) < 4.78 is 5.81. The first kappa shape index (κ1) is 16.4. The van der Waals surface area contributed by atoms with Crippen LogP contribution in [0.4, 0.5) is 0 Å². The summed E-state index contributed by atoms with van der Waals surface area (Å²) in [5.41, 5.74) is 2.56. The Balaban J connectivity index is 2.53. The lowest BCUT2D eigenvalue weighted by molar-refractivity contribution is 0.341. The number of nitrogens with one attached hydrogen (secondary N) is 1. The first-order valence-electron chi connectivity index (χ1n) is 7.23. The number of hydrogen-bond donors (Lipinski definition) is 1. The average Bonchev–Trinajstić information content (AvgIpc) is 2.42. The Hall–Kier alpha value is -0.670. The molecule has 0 radical (unpaired) electrons. The Labute approximate surface area is 122 Å².